The molecule has 4 rings (SSSR count). The van der Waals surface area contributed by atoms with E-state index >= 15 is 0 Å². The summed E-state index contributed by atoms with van der Waals surface area (Å²) >= 11 is 0. The minimum Gasteiger partial charge on any atom is -0.439 e. The minimum atomic E-state index is -0.137. The van der Waals surface area contributed by atoms with Crippen molar-refractivity contribution < 1.29 is 14.1 Å². The fourth-order valence-corrected chi connectivity index (χ4v) is 4.05. The van der Waals surface area contributed by atoms with E-state index in [-0.39, 0.29) is 17.2 Å². The molecule has 1 aliphatic rings. The Kier molecular flexibility index (Phi) is 5.26. The standard InChI is InChI=1S/C23H24N2O3/c1-16-8-7-13-25(14-16)15-20(26)24-23-21(17-9-3-2-4-10-17)22(27)18-11-5-6-12-19(18)28-23/h2-6,9-12,16H,7-8,13-15H2,1H3,(H,24,26)/p+1/t16-/m1/s1. The lowest BCUT2D eigenvalue weighted by atomic mass is 10.0. The van der Waals surface area contributed by atoms with Gasteiger partial charge in [0.1, 0.15) is 5.58 Å². The predicted molar refractivity (Wildman–Crippen MR) is 111 cm³/mol. The van der Waals surface area contributed by atoms with E-state index in [9.17, 15) is 9.59 Å². The van der Waals surface area contributed by atoms with Crippen molar-refractivity contribution in [2.24, 2.45) is 5.92 Å². The molecule has 3 aromatic rings. The number of benzene rings is 2. The molecule has 1 aromatic heterocycles. The van der Waals surface area contributed by atoms with E-state index in [2.05, 4.69) is 12.2 Å². The first kappa shape index (κ1) is 18.4. The number of amides is 1. The maximum atomic E-state index is 13.1. The van der Waals surface area contributed by atoms with Gasteiger partial charge in [0.25, 0.3) is 5.91 Å². The summed E-state index contributed by atoms with van der Waals surface area (Å²) in [6.45, 7) is 4.62. The molecule has 0 bridgehead atoms. The number of rotatable bonds is 4. The first-order valence-electron chi connectivity index (χ1n) is 9.86. The Morgan fingerprint density at radius 2 is 1.89 bits per heavy atom. The van der Waals surface area contributed by atoms with Gasteiger partial charge in [-0.25, -0.2) is 0 Å². The van der Waals surface area contributed by atoms with Crippen LogP contribution in [-0.4, -0.2) is 25.5 Å². The zero-order chi connectivity index (χ0) is 19.5. The smallest absolute Gasteiger partial charge is 0.281 e. The molecule has 2 heterocycles. The maximum absolute atomic E-state index is 13.1. The molecule has 5 heteroatoms. The number of nitrogens with one attached hydrogen (secondary N) is 2. The van der Waals surface area contributed by atoms with Crippen molar-refractivity contribution in [2.45, 2.75) is 19.8 Å². The summed E-state index contributed by atoms with van der Waals surface area (Å²) in [6.07, 6.45) is 2.37. The molecule has 1 unspecified atom stereocenters. The van der Waals surface area contributed by atoms with E-state index in [4.69, 9.17) is 4.42 Å². The molecule has 28 heavy (non-hydrogen) atoms. The average molecular weight is 377 g/mol. The van der Waals surface area contributed by atoms with Crippen molar-refractivity contribution in [2.75, 3.05) is 25.0 Å². The number of quaternary nitrogens is 1. The lowest BCUT2D eigenvalue weighted by Gasteiger charge is -2.27. The number of para-hydroxylation sites is 1. The van der Waals surface area contributed by atoms with Gasteiger partial charge in [-0.3, -0.25) is 14.9 Å². The topological polar surface area (TPSA) is 63.8 Å². The highest BCUT2D eigenvalue weighted by molar-refractivity contribution is 5.96. The molecule has 0 aliphatic carbocycles. The molecule has 1 aliphatic heterocycles. The summed E-state index contributed by atoms with van der Waals surface area (Å²) in [5, 5.41) is 3.39. The molecule has 0 radical (unpaired) electrons. The van der Waals surface area contributed by atoms with Gasteiger partial charge in [0.05, 0.1) is 24.0 Å². The third kappa shape index (κ3) is 3.85. The molecule has 2 aromatic carbocycles. The zero-order valence-electron chi connectivity index (χ0n) is 16.0. The van der Waals surface area contributed by atoms with Gasteiger partial charge in [-0.1, -0.05) is 49.4 Å². The highest BCUT2D eigenvalue weighted by Gasteiger charge is 2.24. The Morgan fingerprint density at radius 3 is 2.68 bits per heavy atom. The SMILES string of the molecule is C[C@@H]1CCC[NH+](CC(=O)Nc2oc3ccccc3c(=O)c2-c2ccccc2)C1. The number of hydrogen-bond donors (Lipinski definition) is 2. The van der Waals surface area contributed by atoms with Crippen molar-refractivity contribution in [1.82, 2.24) is 0 Å². The summed E-state index contributed by atoms with van der Waals surface area (Å²) in [5.41, 5.74) is 1.47. The van der Waals surface area contributed by atoms with Crippen LogP contribution in [-0.2, 0) is 4.79 Å². The van der Waals surface area contributed by atoms with Gasteiger partial charge in [0.15, 0.2) is 6.54 Å². The number of fused-ring (bicyclic) bond motifs is 1. The van der Waals surface area contributed by atoms with E-state index in [1.54, 1.807) is 12.1 Å². The van der Waals surface area contributed by atoms with Gasteiger partial charge in [0, 0.05) is 5.92 Å². The summed E-state index contributed by atoms with van der Waals surface area (Å²) in [6, 6.07) is 16.5. The predicted octanol–water partition coefficient (Wildman–Crippen LogP) is 2.71. The molecule has 1 amide bonds. The molecule has 0 spiro atoms. The van der Waals surface area contributed by atoms with Crippen LogP contribution in [0.1, 0.15) is 19.8 Å². The minimum absolute atomic E-state index is 0.125. The molecule has 2 N–H and O–H groups in total. The lowest BCUT2D eigenvalue weighted by molar-refractivity contribution is -0.900. The van der Waals surface area contributed by atoms with Crippen LogP contribution in [0.3, 0.4) is 0 Å². The quantitative estimate of drug-likeness (QED) is 0.735. The van der Waals surface area contributed by atoms with Gasteiger partial charge in [0.2, 0.25) is 11.3 Å². The summed E-state index contributed by atoms with van der Waals surface area (Å²) < 4.78 is 5.97. The van der Waals surface area contributed by atoms with Crippen molar-refractivity contribution in [3.63, 3.8) is 0 Å². The number of carbonyl (C=O) groups is 1. The van der Waals surface area contributed by atoms with Gasteiger partial charge >= 0.3 is 0 Å². The second kappa shape index (κ2) is 7.98. The third-order valence-corrected chi connectivity index (χ3v) is 5.39. The number of piperidine rings is 1. The van der Waals surface area contributed by atoms with Crippen LogP contribution < -0.4 is 15.6 Å². The monoisotopic (exact) mass is 377 g/mol. The molecule has 2 atom stereocenters. The van der Waals surface area contributed by atoms with Crippen molar-refractivity contribution in [3.05, 3.63) is 64.8 Å². The Bertz CT molecular complexity index is 1040. The van der Waals surface area contributed by atoms with E-state index < -0.39 is 0 Å². The normalized spacial score (nSPS) is 19.5. The van der Waals surface area contributed by atoms with Gasteiger partial charge < -0.3 is 9.32 Å². The van der Waals surface area contributed by atoms with Crippen molar-refractivity contribution >= 4 is 22.8 Å². The van der Waals surface area contributed by atoms with Crippen LogP contribution in [0.2, 0.25) is 0 Å². The molecule has 144 valence electrons. The van der Waals surface area contributed by atoms with Crippen molar-refractivity contribution in [1.29, 1.82) is 0 Å². The Balaban J connectivity index is 1.69. The molecule has 5 nitrogen and oxygen atoms in total. The number of anilines is 1. The van der Waals surface area contributed by atoms with Crippen LogP contribution in [0.5, 0.6) is 0 Å². The average Bonchev–Trinajstić information content (AvgIpc) is 2.69. The Morgan fingerprint density at radius 1 is 1.14 bits per heavy atom. The molecule has 0 saturated carbocycles. The largest absolute Gasteiger partial charge is 0.439 e. The second-order valence-corrected chi connectivity index (χ2v) is 7.67. The van der Waals surface area contributed by atoms with Crippen LogP contribution in [0.4, 0.5) is 5.88 Å². The molecule has 1 fully saturated rings. The van der Waals surface area contributed by atoms with Gasteiger partial charge in [-0.2, -0.15) is 0 Å². The van der Waals surface area contributed by atoms with Crippen molar-refractivity contribution in [3.8, 4) is 11.1 Å². The number of carbonyl (C=O) groups excluding carboxylic acids is 1. The first-order valence-corrected chi connectivity index (χ1v) is 9.86. The van der Waals surface area contributed by atoms with Gasteiger partial charge in [-0.05, 0) is 30.5 Å². The van der Waals surface area contributed by atoms with Crippen LogP contribution in [0.25, 0.3) is 22.1 Å². The van der Waals surface area contributed by atoms with E-state index in [1.807, 2.05) is 42.5 Å². The fraction of sp³-hybridized carbons (Fsp3) is 0.304. The van der Waals surface area contributed by atoms with Crippen LogP contribution in [0.15, 0.2) is 63.8 Å². The number of likely N-dealkylation sites (tertiary alicyclic amines) is 1. The Hall–Kier alpha value is -2.92. The third-order valence-electron chi connectivity index (χ3n) is 5.39. The van der Waals surface area contributed by atoms with Crippen LogP contribution >= 0.6 is 0 Å². The number of hydrogen-bond acceptors (Lipinski definition) is 3. The summed E-state index contributed by atoms with van der Waals surface area (Å²) in [5.74, 6) is 0.735. The highest BCUT2D eigenvalue weighted by atomic mass is 16.4. The zero-order valence-corrected chi connectivity index (χ0v) is 16.0. The summed E-state index contributed by atoms with van der Waals surface area (Å²) in [7, 11) is 0. The fourth-order valence-electron chi connectivity index (χ4n) is 4.05. The lowest BCUT2D eigenvalue weighted by Crippen LogP contribution is -3.14. The molecule has 1 saturated heterocycles. The molecular weight excluding hydrogens is 352 g/mol. The summed E-state index contributed by atoms with van der Waals surface area (Å²) in [4.78, 5) is 27.2. The highest BCUT2D eigenvalue weighted by Crippen LogP contribution is 2.28. The Labute approximate surface area is 164 Å². The van der Waals surface area contributed by atoms with E-state index in [0.717, 1.165) is 25.1 Å². The first-order chi connectivity index (χ1) is 13.6. The maximum Gasteiger partial charge on any atom is 0.281 e. The second-order valence-electron chi connectivity index (χ2n) is 7.67. The van der Waals surface area contributed by atoms with E-state index in [0.29, 0.717) is 29.0 Å². The molecular formula is C23H25N2O3+. The van der Waals surface area contributed by atoms with Gasteiger partial charge in [-0.15, -0.1) is 0 Å². The van der Waals surface area contributed by atoms with E-state index in [1.165, 1.54) is 11.3 Å². The van der Waals surface area contributed by atoms with Crippen LogP contribution in [0, 0.1) is 5.92 Å².